The van der Waals surface area contributed by atoms with Crippen LogP contribution in [0.2, 0.25) is 0 Å². The van der Waals surface area contributed by atoms with Gasteiger partial charge >= 0.3 is 17.9 Å². The summed E-state index contributed by atoms with van der Waals surface area (Å²) >= 11 is 0. The van der Waals surface area contributed by atoms with Crippen LogP contribution in [0.25, 0.3) is 0 Å². The minimum Gasteiger partial charge on any atom is -0.462 e. The smallest absolute Gasteiger partial charge is 0.338 e. The fourth-order valence-electron chi connectivity index (χ4n) is 9.05. The van der Waals surface area contributed by atoms with Gasteiger partial charge in [-0.3, -0.25) is 9.59 Å². The number of ether oxygens (including phenoxy) is 3. The number of benzene rings is 1. The molecule has 0 amide bonds. The Bertz CT molecular complexity index is 1040. The summed E-state index contributed by atoms with van der Waals surface area (Å²) in [6, 6.07) is 9.19. The van der Waals surface area contributed by atoms with E-state index in [1.165, 1.54) is 6.92 Å². The molecule has 6 heteroatoms. The second-order valence-corrected chi connectivity index (χ2v) is 11.9. The maximum Gasteiger partial charge on any atom is 0.338 e. The molecule has 0 aromatic heterocycles. The lowest BCUT2D eigenvalue weighted by atomic mass is 9.55. The summed E-state index contributed by atoms with van der Waals surface area (Å²) in [4.78, 5) is 37.5. The van der Waals surface area contributed by atoms with Crippen LogP contribution in [0.5, 0.6) is 0 Å². The van der Waals surface area contributed by atoms with Crippen molar-refractivity contribution >= 4 is 17.9 Å². The maximum atomic E-state index is 13.0. The van der Waals surface area contributed by atoms with Crippen LogP contribution in [0, 0.1) is 34.5 Å². The van der Waals surface area contributed by atoms with Gasteiger partial charge in [0.1, 0.15) is 23.7 Å². The van der Waals surface area contributed by atoms with Gasteiger partial charge in [0.05, 0.1) is 5.56 Å². The quantitative estimate of drug-likeness (QED) is 0.475. The molecule has 4 saturated carbocycles. The molecule has 6 nitrogen and oxygen atoms in total. The Kier molecular flexibility index (Phi) is 4.76. The largest absolute Gasteiger partial charge is 0.462 e. The minimum atomic E-state index is -0.526. The molecule has 1 aromatic carbocycles. The van der Waals surface area contributed by atoms with Crippen molar-refractivity contribution in [3.63, 3.8) is 0 Å². The van der Waals surface area contributed by atoms with E-state index in [1.54, 1.807) is 12.1 Å². The van der Waals surface area contributed by atoms with E-state index in [4.69, 9.17) is 14.2 Å². The Morgan fingerprint density at radius 3 is 2.44 bits per heavy atom. The van der Waals surface area contributed by atoms with Crippen molar-refractivity contribution in [1.29, 1.82) is 0 Å². The van der Waals surface area contributed by atoms with Crippen LogP contribution in [0.15, 0.2) is 30.3 Å². The van der Waals surface area contributed by atoms with Gasteiger partial charge in [0.15, 0.2) is 0 Å². The molecule has 1 aliphatic heterocycles. The van der Waals surface area contributed by atoms with Gasteiger partial charge in [0, 0.05) is 24.2 Å². The average molecular weight is 467 g/mol. The number of carbonyl (C=O) groups excluding carboxylic acids is 3. The van der Waals surface area contributed by atoms with Crippen LogP contribution < -0.4 is 0 Å². The van der Waals surface area contributed by atoms with Crippen LogP contribution >= 0.6 is 0 Å². The highest BCUT2D eigenvalue weighted by atomic mass is 16.6. The molecule has 1 spiro atoms. The lowest BCUT2D eigenvalue weighted by molar-refractivity contribution is -0.251. The molecule has 1 saturated heterocycles. The van der Waals surface area contributed by atoms with Gasteiger partial charge in [-0.1, -0.05) is 32.0 Å². The van der Waals surface area contributed by atoms with Crippen LogP contribution in [-0.4, -0.2) is 35.7 Å². The SMILES string of the molecule is CC(=O)O[C@H]1CC[C@@]2(C)[C@@H]3CC[C@@]4(C)[C@@H](OC(=O)c5ccccc5)CC[C@@H]4[C@@H]3[C@H]3C(=O)O[C@]32C1. The molecule has 4 aliphatic carbocycles. The van der Waals surface area contributed by atoms with Crippen molar-refractivity contribution in [3.05, 3.63) is 35.9 Å². The molecule has 0 radical (unpaired) electrons. The van der Waals surface area contributed by atoms with Crippen molar-refractivity contribution in [1.82, 2.24) is 0 Å². The number of carbonyl (C=O) groups is 3. The standard InChI is InChI=1S/C28H34O6/c1-16(29)32-18-11-14-27(3)20-12-13-26(2)19(22(20)23-25(31)34-28(23,27)15-18)9-10-21(26)33-24(30)17-7-5-4-6-8-17/h4-8,18-23H,9-15H2,1-3H3/t18-,19+,20+,21-,22-,23-,26+,27-,28+/m0/s1. The monoisotopic (exact) mass is 466 g/mol. The predicted octanol–water partition coefficient (Wildman–Crippen LogP) is 4.70. The highest BCUT2D eigenvalue weighted by Crippen LogP contribution is 2.76. The van der Waals surface area contributed by atoms with E-state index in [0.717, 1.165) is 38.5 Å². The van der Waals surface area contributed by atoms with Crippen molar-refractivity contribution in [2.45, 2.75) is 83.5 Å². The molecule has 5 fully saturated rings. The zero-order valence-corrected chi connectivity index (χ0v) is 20.3. The first-order chi connectivity index (χ1) is 16.2. The fraction of sp³-hybridized carbons (Fsp3) is 0.679. The van der Waals surface area contributed by atoms with Crippen molar-refractivity contribution in [2.75, 3.05) is 0 Å². The van der Waals surface area contributed by atoms with Crippen molar-refractivity contribution in [2.24, 2.45) is 34.5 Å². The lowest BCUT2D eigenvalue weighted by Gasteiger charge is -2.57. The first kappa shape index (κ1) is 22.1. The number of hydrogen-bond acceptors (Lipinski definition) is 6. The van der Waals surface area contributed by atoms with Crippen LogP contribution in [0.3, 0.4) is 0 Å². The van der Waals surface area contributed by atoms with Crippen LogP contribution in [0.4, 0.5) is 0 Å². The third kappa shape index (κ3) is 2.77. The van der Waals surface area contributed by atoms with Gasteiger partial charge in [0.25, 0.3) is 0 Å². The zero-order valence-electron chi connectivity index (χ0n) is 20.3. The molecule has 6 rings (SSSR count). The predicted molar refractivity (Wildman–Crippen MR) is 123 cm³/mol. The molecule has 1 aromatic rings. The summed E-state index contributed by atoms with van der Waals surface area (Å²) in [5, 5.41) is 0. The Labute approximate surface area is 200 Å². The average Bonchev–Trinajstić information content (AvgIpc) is 3.20. The van der Waals surface area contributed by atoms with E-state index in [1.807, 2.05) is 18.2 Å². The molecule has 0 N–H and O–H groups in total. The number of esters is 3. The molecular formula is C28H34O6. The Balaban J connectivity index is 1.28. The second-order valence-electron chi connectivity index (χ2n) is 11.9. The highest BCUT2D eigenvalue weighted by Gasteiger charge is 2.80. The summed E-state index contributed by atoms with van der Waals surface area (Å²) in [5.41, 5.74) is -0.169. The molecule has 0 bridgehead atoms. The van der Waals surface area contributed by atoms with Gasteiger partial charge in [-0.2, -0.15) is 0 Å². The van der Waals surface area contributed by atoms with Crippen molar-refractivity contribution in [3.8, 4) is 0 Å². The maximum absolute atomic E-state index is 13.0. The molecule has 34 heavy (non-hydrogen) atoms. The Hall–Kier alpha value is -2.37. The molecule has 9 atom stereocenters. The van der Waals surface area contributed by atoms with Crippen LogP contribution in [0.1, 0.15) is 76.1 Å². The third-order valence-corrected chi connectivity index (χ3v) is 10.6. The fourth-order valence-corrected chi connectivity index (χ4v) is 9.05. The number of fused-ring (bicyclic) bond motifs is 5. The third-order valence-electron chi connectivity index (χ3n) is 10.6. The summed E-state index contributed by atoms with van der Waals surface area (Å²) in [7, 11) is 0. The second kappa shape index (κ2) is 7.32. The van der Waals surface area contributed by atoms with Gasteiger partial charge in [-0.25, -0.2) is 4.79 Å². The first-order valence-electron chi connectivity index (χ1n) is 12.9. The van der Waals surface area contributed by atoms with E-state index in [9.17, 15) is 14.4 Å². The molecule has 0 unspecified atom stereocenters. The topological polar surface area (TPSA) is 78.9 Å². The van der Waals surface area contributed by atoms with E-state index < -0.39 is 5.60 Å². The molecule has 1 heterocycles. The first-order valence-corrected chi connectivity index (χ1v) is 12.9. The lowest BCUT2D eigenvalue weighted by Crippen LogP contribution is -2.66. The number of rotatable bonds is 3. The zero-order chi connectivity index (χ0) is 23.9. The van der Waals surface area contributed by atoms with E-state index in [0.29, 0.717) is 23.8 Å². The van der Waals surface area contributed by atoms with Crippen LogP contribution in [-0.2, 0) is 23.8 Å². The van der Waals surface area contributed by atoms with E-state index in [2.05, 4.69) is 13.8 Å². The molecule has 182 valence electrons. The van der Waals surface area contributed by atoms with E-state index in [-0.39, 0.29) is 52.8 Å². The Morgan fingerprint density at radius 2 is 1.74 bits per heavy atom. The van der Waals surface area contributed by atoms with Gasteiger partial charge in [0.2, 0.25) is 0 Å². The number of hydrogen-bond donors (Lipinski definition) is 0. The van der Waals surface area contributed by atoms with E-state index >= 15 is 0 Å². The minimum absolute atomic E-state index is 0.0869. The van der Waals surface area contributed by atoms with Gasteiger partial charge in [-0.15, -0.1) is 0 Å². The highest BCUT2D eigenvalue weighted by molar-refractivity contribution is 5.89. The van der Waals surface area contributed by atoms with Gasteiger partial charge < -0.3 is 14.2 Å². The normalized spacial score (nSPS) is 46.1. The summed E-state index contributed by atoms with van der Waals surface area (Å²) in [5.74, 6) is 0.208. The Morgan fingerprint density at radius 1 is 0.971 bits per heavy atom. The summed E-state index contributed by atoms with van der Waals surface area (Å²) in [6.07, 6.45) is 5.83. The summed E-state index contributed by atoms with van der Waals surface area (Å²) < 4.78 is 17.8. The summed E-state index contributed by atoms with van der Waals surface area (Å²) in [6.45, 7) is 6.03. The van der Waals surface area contributed by atoms with Gasteiger partial charge in [-0.05, 0) is 68.4 Å². The molecular weight excluding hydrogens is 432 g/mol. The van der Waals surface area contributed by atoms with Crippen molar-refractivity contribution < 1.29 is 28.6 Å². The molecule has 5 aliphatic rings.